The minimum Gasteiger partial charge on any atom is -0.441 e. The maximum Gasteiger partial charge on any atom is 0.195 e. The van der Waals surface area contributed by atoms with Crippen molar-refractivity contribution in [1.29, 1.82) is 0 Å². The van der Waals surface area contributed by atoms with E-state index >= 15 is 0 Å². The van der Waals surface area contributed by atoms with Gasteiger partial charge < -0.3 is 9.73 Å². The van der Waals surface area contributed by atoms with E-state index in [0.29, 0.717) is 6.42 Å². The average molecular weight is 280 g/mol. The lowest BCUT2D eigenvalue weighted by Gasteiger charge is -2.11. The van der Waals surface area contributed by atoms with Crippen LogP contribution in [0.15, 0.2) is 22.6 Å². The van der Waals surface area contributed by atoms with E-state index < -0.39 is 9.84 Å². The molecule has 0 bridgehead atoms. The lowest BCUT2D eigenvalue weighted by Crippen LogP contribution is -2.20. The van der Waals surface area contributed by atoms with Crippen LogP contribution in [0.4, 0.5) is 5.69 Å². The second kappa shape index (κ2) is 4.52. The summed E-state index contributed by atoms with van der Waals surface area (Å²) in [6.07, 6.45) is 1.43. The van der Waals surface area contributed by atoms with Gasteiger partial charge in [0.15, 0.2) is 21.3 Å². The van der Waals surface area contributed by atoms with Crippen LogP contribution in [-0.2, 0) is 16.3 Å². The molecule has 2 heterocycles. The molecule has 1 aliphatic heterocycles. The van der Waals surface area contributed by atoms with E-state index in [1.54, 1.807) is 0 Å². The van der Waals surface area contributed by atoms with Crippen molar-refractivity contribution >= 4 is 26.6 Å². The Kier molecular flexibility index (Phi) is 2.97. The summed E-state index contributed by atoms with van der Waals surface area (Å²) in [6.45, 7) is 1.99. The molecule has 0 spiro atoms. The molecule has 1 fully saturated rings. The summed E-state index contributed by atoms with van der Waals surface area (Å²) < 4.78 is 28.4. The number of rotatable bonds is 3. The zero-order chi connectivity index (χ0) is 13.5. The molecule has 2 aromatic rings. The zero-order valence-corrected chi connectivity index (χ0v) is 11.5. The summed E-state index contributed by atoms with van der Waals surface area (Å²) in [4.78, 5) is 4.37. The van der Waals surface area contributed by atoms with E-state index in [0.717, 1.165) is 29.1 Å². The minimum atomic E-state index is -2.85. The number of anilines is 1. The predicted octanol–water partition coefficient (Wildman–Crippen LogP) is 1.99. The highest BCUT2D eigenvalue weighted by molar-refractivity contribution is 7.91. The predicted molar refractivity (Wildman–Crippen MR) is 74.1 cm³/mol. The van der Waals surface area contributed by atoms with Gasteiger partial charge in [0.05, 0.1) is 11.5 Å². The molecule has 0 saturated carbocycles. The van der Waals surface area contributed by atoms with Crippen molar-refractivity contribution in [3.63, 3.8) is 0 Å². The molecule has 1 aromatic carbocycles. The first-order chi connectivity index (χ1) is 9.05. The van der Waals surface area contributed by atoms with Crippen molar-refractivity contribution in [2.45, 2.75) is 25.8 Å². The number of sulfone groups is 1. The maximum absolute atomic E-state index is 11.4. The summed E-state index contributed by atoms with van der Waals surface area (Å²) in [7, 11) is -2.85. The zero-order valence-electron chi connectivity index (χ0n) is 10.7. The van der Waals surface area contributed by atoms with Crippen LogP contribution in [0.3, 0.4) is 0 Å². The number of oxazole rings is 1. The molecular formula is C13H16N2O3S. The van der Waals surface area contributed by atoms with Crippen LogP contribution < -0.4 is 5.32 Å². The van der Waals surface area contributed by atoms with E-state index in [2.05, 4.69) is 10.3 Å². The summed E-state index contributed by atoms with van der Waals surface area (Å²) >= 11 is 0. The van der Waals surface area contributed by atoms with Crippen LogP contribution in [0.5, 0.6) is 0 Å². The Morgan fingerprint density at radius 1 is 1.47 bits per heavy atom. The third-order valence-electron chi connectivity index (χ3n) is 3.34. The number of aryl methyl sites for hydroxylation is 1. The molecule has 102 valence electrons. The molecule has 0 radical (unpaired) electrons. The molecule has 5 nitrogen and oxygen atoms in total. The lowest BCUT2D eigenvalue weighted by molar-refractivity contribution is 0.538. The fraction of sp³-hybridized carbons (Fsp3) is 0.462. The highest BCUT2D eigenvalue weighted by Gasteiger charge is 2.27. The van der Waals surface area contributed by atoms with Crippen LogP contribution in [0.25, 0.3) is 11.1 Å². The standard InChI is InChI=1S/C13H16N2O3S/c1-2-13-15-11-7-9(3-4-12(11)18-13)14-10-5-6-19(16,17)8-10/h3-4,7,10,14H,2,5-6,8H2,1H3. The smallest absolute Gasteiger partial charge is 0.195 e. The van der Waals surface area contributed by atoms with E-state index in [-0.39, 0.29) is 17.5 Å². The number of hydrogen-bond donors (Lipinski definition) is 1. The summed E-state index contributed by atoms with van der Waals surface area (Å²) in [5.41, 5.74) is 2.47. The number of nitrogens with one attached hydrogen (secondary N) is 1. The monoisotopic (exact) mass is 280 g/mol. The first-order valence-corrected chi connectivity index (χ1v) is 8.24. The highest BCUT2D eigenvalue weighted by Crippen LogP contribution is 2.23. The molecule has 1 atom stereocenters. The second-order valence-electron chi connectivity index (χ2n) is 4.89. The van der Waals surface area contributed by atoms with Gasteiger partial charge in [-0.25, -0.2) is 13.4 Å². The molecule has 1 unspecified atom stereocenters. The Morgan fingerprint density at radius 3 is 3.00 bits per heavy atom. The Balaban J connectivity index is 1.81. The third kappa shape index (κ3) is 2.58. The molecule has 1 aliphatic rings. The van der Waals surface area contributed by atoms with Crippen LogP contribution in [-0.4, -0.2) is 30.9 Å². The minimum absolute atomic E-state index is 0.00000318. The summed E-state index contributed by atoms with van der Waals surface area (Å²) in [5, 5.41) is 3.26. The molecule has 0 aliphatic carbocycles. The normalized spacial score (nSPS) is 21.8. The second-order valence-corrected chi connectivity index (χ2v) is 7.12. The van der Waals surface area contributed by atoms with E-state index in [1.165, 1.54) is 0 Å². The van der Waals surface area contributed by atoms with E-state index in [1.807, 2.05) is 25.1 Å². The molecule has 1 aromatic heterocycles. The van der Waals surface area contributed by atoms with Crippen LogP contribution >= 0.6 is 0 Å². The fourth-order valence-electron chi connectivity index (χ4n) is 2.36. The molecule has 3 rings (SSSR count). The fourth-order valence-corrected chi connectivity index (χ4v) is 4.03. The molecule has 0 amide bonds. The van der Waals surface area contributed by atoms with Gasteiger partial charge in [0.25, 0.3) is 0 Å². The van der Waals surface area contributed by atoms with Gasteiger partial charge in [0.1, 0.15) is 5.52 Å². The Hall–Kier alpha value is -1.56. The number of hydrogen-bond acceptors (Lipinski definition) is 5. The van der Waals surface area contributed by atoms with Crippen molar-refractivity contribution < 1.29 is 12.8 Å². The highest BCUT2D eigenvalue weighted by atomic mass is 32.2. The number of aromatic nitrogens is 1. The Labute approximate surface area is 111 Å². The van der Waals surface area contributed by atoms with Crippen molar-refractivity contribution in [1.82, 2.24) is 4.98 Å². The first kappa shape index (κ1) is 12.5. The quantitative estimate of drug-likeness (QED) is 0.931. The molecular weight excluding hydrogens is 264 g/mol. The number of fused-ring (bicyclic) bond motifs is 1. The van der Waals surface area contributed by atoms with Gasteiger partial charge in [-0.1, -0.05) is 6.92 Å². The molecule has 1 saturated heterocycles. The Morgan fingerprint density at radius 2 is 2.32 bits per heavy atom. The average Bonchev–Trinajstić information content (AvgIpc) is 2.91. The maximum atomic E-state index is 11.4. The molecule has 1 N–H and O–H groups in total. The summed E-state index contributed by atoms with van der Waals surface area (Å²) in [6, 6.07) is 5.67. The van der Waals surface area contributed by atoms with Crippen molar-refractivity contribution in [3.05, 3.63) is 24.1 Å². The largest absolute Gasteiger partial charge is 0.441 e. The molecule has 19 heavy (non-hydrogen) atoms. The van der Waals surface area contributed by atoms with Crippen molar-refractivity contribution in [2.75, 3.05) is 16.8 Å². The number of nitrogens with zero attached hydrogens (tertiary/aromatic N) is 1. The topological polar surface area (TPSA) is 72.2 Å². The van der Waals surface area contributed by atoms with Gasteiger partial charge >= 0.3 is 0 Å². The van der Waals surface area contributed by atoms with Gasteiger partial charge in [-0.2, -0.15) is 0 Å². The first-order valence-electron chi connectivity index (χ1n) is 6.42. The van der Waals surface area contributed by atoms with E-state index in [4.69, 9.17) is 4.42 Å². The van der Waals surface area contributed by atoms with Gasteiger partial charge in [0, 0.05) is 18.2 Å². The van der Waals surface area contributed by atoms with Crippen LogP contribution in [0.2, 0.25) is 0 Å². The summed E-state index contributed by atoms with van der Waals surface area (Å²) in [5.74, 6) is 1.21. The van der Waals surface area contributed by atoms with Gasteiger partial charge in [-0.15, -0.1) is 0 Å². The number of benzene rings is 1. The van der Waals surface area contributed by atoms with Crippen molar-refractivity contribution in [3.8, 4) is 0 Å². The van der Waals surface area contributed by atoms with Crippen LogP contribution in [0, 0.1) is 0 Å². The van der Waals surface area contributed by atoms with E-state index in [9.17, 15) is 8.42 Å². The Bertz CT molecular complexity index is 706. The third-order valence-corrected chi connectivity index (χ3v) is 5.11. The SMILES string of the molecule is CCc1nc2cc(NC3CCS(=O)(=O)C3)ccc2o1. The van der Waals surface area contributed by atoms with Crippen molar-refractivity contribution in [2.24, 2.45) is 0 Å². The van der Waals surface area contributed by atoms with Gasteiger partial charge in [0.2, 0.25) is 0 Å². The van der Waals surface area contributed by atoms with Gasteiger partial charge in [-0.3, -0.25) is 0 Å². The molecule has 6 heteroatoms. The lowest BCUT2D eigenvalue weighted by atomic mass is 10.2. The van der Waals surface area contributed by atoms with Gasteiger partial charge in [-0.05, 0) is 24.6 Å². The van der Waals surface area contributed by atoms with Crippen LogP contribution in [0.1, 0.15) is 19.2 Å².